The van der Waals surface area contributed by atoms with Gasteiger partial charge in [-0.3, -0.25) is 9.88 Å². The van der Waals surface area contributed by atoms with Crippen LogP contribution in [0, 0.1) is 0 Å². The summed E-state index contributed by atoms with van der Waals surface area (Å²) < 4.78 is 13.8. The van der Waals surface area contributed by atoms with E-state index in [2.05, 4.69) is 84.5 Å². The highest BCUT2D eigenvalue weighted by Gasteiger charge is 2.50. The van der Waals surface area contributed by atoms with Gasteiger partial charge in [0, 0.05) is 44.9 Å². The average molecular weight is 703 g/mol. The Morgan fingerprint density at radius 1 is 0.549 bits per heavy atom. The maximum atomic E-state index is 6.89. The average Bonchev–Trinajstić information content (AvgIpc) is 3.67. The summed E-state index contributed by atoms with van der Waals surface area (Å²) in [4.78, 5) is 6.68. The van der Waals surface area contributed by atoms with Crippen LogP contribution in [-0.4, -0.2) is 41.0 Å². The second-order valence-electron chi connectivity index (χ2n) is 15.4. The molecule has 2 fully saturated rings. The summed E-state index contributed by atoms with van der Waals surface area (Å²) in [6.45, 7) is 7.44. The van der Waals surface area contributed by atoms with Crippen LogP contribution in [0.25, 0.3) is 0 Å². The topological polar surface area (TPSA) is 34.6 Å². The fourth-order valence-electron chi connectivity index (χ4n) is 7.63. The number of rotatable bonds is 32. The predicted octanol–water partition coefficient (Wildman–Crippen LogP) is 13.8. The minimum Gasteiger partial charge on any atom is -0.343 e. The molecule has 3 rings (SSSR count). The summed E-state index contributed by atoms with van der Waals surface area (Å²) in [6.07, 6.45) is 56.0. The third-order valence-corrected chi connectivity index (χ3v) is 10.7. The second-order valence-corrected chi connectivity index (χ2v) is 15.4. The standard InChI is InChI=1S/C47H78N2O2/c1-3-5-7-9-11-13-15-17-19-21-23-25-27-29-31-33-37-47(50-45-42-49(43-46(45)51-47)41-44-35-39-48-40-36-44)38-34-32-30-28-26-24-22-20-18-16-14-12-10-8-6-4-2/h11-14,17-20,35-36,39-40,45-46H,3-10,15-16,21-34,37-38,41-43H2,1-2H3/b13-11-,14-12-,19-17-,20-18-. The number of hydrogen-bond acceptors (Lipinski definition) is 4. The molecule has 1 aromatic rings. The first-order valence-electron chi connectivity index (χ1n) is 21.8. The van der Waals surface area contributed by atoms with Gasteiger partial charge in [0.15, 0.2) is 5.79 Å². The molecule has 4 heteroatoms. The molecule has 2 aliphatic rings. The number of allylic oxidation sites excluding steroid dienone is 8. The van der Waals surface area contributed by atoms with Gasteiger partial charge in [0.1, 0.15) is 12.2 Å². The van der Waals surface area contributed by atoms with Crippen molar-refractivity contribution in [2.45, 2.75) is 205 Å². The summed E-state index contributed by atoms with van der Waals surface area (Å²) >= 11 is 0. The number of aromatic nitrogens is 1. The Balaban J connectivity index is 1.28. The third-order valence-electron chi connectivity index (χ3n) is 10.7. The van der Waals surface area contributed by atoms with E-state index < -0.39 is 0 Å². The molecular weight excluding hydrogens is 625 g/mol. The van der Waals surface area contributed by atoms with Crippen LogP contribution in [0.2, 0.25) is 0 Å². The zero-order valence-corrected chi connectivity index (χ0v) is 33.3. The van der Waals surface area contributed by atoms with Crippen LogP contribution in [0.3, 0.4) is 0 Å². The molecule has 0 aromatic carbocycles. The molecule has 1 aromatic heterocycles. The van der Waals surface area contributed by atoms with E-state index in [4.69, 9.17) is 9.47 Å². The zero-order chi connectivity index (χ0) is 35.9. The highest BCUT2D eigenvalue weighted by Crippen LogP contribution is 2.41. The van der Waals surface area contributed by atoms with Crippen molar-refractivity contribution >= 4 is 0 Å². The summed E-state index contributed by atoms with van der Waals surface area (Å²) in [7, 11) is 0. The molecule has 288 valence electrons. The summed E-state index contributed by atoms with van der Waals surface area (Å²) in [6, 6.07) is 4.24. The van der Waals surface area contributed by atoms with Crippen LogP contribution < -0.4 is 0 Å². The molecule has 0 bridgehead atoms. The van der Waals surface area contributed by atoms with Crippen molar-refractivity contribution in [3.8, 4) is 0 Å². The Bertz CT molecular complexity index is 999. The van der Waals surface area contributed by atoms with E-state index in [-0.39, 0.29) is 18.0 Å². The van der Waals surface area contributed by atoms with E-state index in [1.807, 2.05) is 12.4 Å². The minimum absolute atomic E-state index is 0.209. The number of pyridine rings is 1. The molecular formula is C47H78N2O2. The summed E-state index contributed by atoms with van der Waals surface area (Å²) in [5.41, 5.74) is 1.32. The fraction of sp³-hybridized carbons (Fsp3) is 0.723. The first kappa shape index (κ1) is 43.4. The van der Waals surface area contributed by atoms with Crippen LogP contribution in [-0.2, 0) is 16.0 Å². The molecule has 0 saturated carbocycles. The Morgan fingerprint density at radius 3 is 1.37 bits per heavy atom. The van der Waals surface area contributed by atoms with E-state index in [0.29, 0.717) is 0 Å². The predicted molar refractivity (Wildman–Crippen MR) is 220 cm³/mol. The van der Waals surface area contributed by atoms with Crippen molar-refractivity contribution < 1.29 is 9.47 Å². The number of fused-ring (bicyclic) bond motifs is 1. The van der Waals surface area contributed by atoms with Gasteiger partial charge in [0.25, 0.3) is 0 Å². The van der Waals surface area contributed by atoms with Crippen LogP contribution in [0.5, 0.6) is 0 Å². The lowest BCUT2D eigenvalue weighted by Crippen LogP contribution is -2.35. The lowest BCUT2D eigenvalue weighted by Gasteiger charge is -2.31. The Kier molecular flexibility index (Phi) is 25.1. The van der Waals surface area contributed by atoms with E-state index in [0.717, 1.165) is 45.3 Å². The maximum Gasteiger partial charge on any atom is 0.169 e. The smallest absolute Gasteiger partial charge is 0.169 e. The van der Waals surface area contributed by atoms with Gasteiger partial charge in [0.2, 0.25) is 0 Å². The number of ether oxygens (including phenoxy) is 2. The molecule has 3 heterocycles. The molecule has 51 heavy (non-hydrogen) atoms. The second kappa shape index (κ2) is 29.4. The lowest BCUT2D eigenvalue weighted by molar-refractivity contribution is -0.194. The van der Waals surface area contributed by atoms with Gasteiger partial charge in [0.05, 0.1) is 0 Å². The summed E-state index contributed by atoms with van der Waals surface area (Å²) in [5, 5.41) is 0. The number of nitrogens with zero attached hydrogens (tertiary/aromatic N) is 2. The van der Waals surface area contributed by atoms with Gasteiger partial charge in [-0.15, -0.1) is 0 Å². The van der Waals surface area contributed by atoms with Crippen molar-refractivity contribution in [2.24, 2.45) is 0 Å². The van der Waals surface area contributed by atoms with Gasteiger partial charge >= 0.3 is 0 Å². The molecule has 4 nitrogen and oxygen atoms in total. The molecule has 0 aliphatic carbocycles. The minimum atomic E-state index is -0.359. The fourth-order valence-corrected chi connectivity index (χ4v) is 7.63. The molecule has 0 N–H and O–H groups in total. The molecule has 0 radical (unpaired) electrons. The van der Waals surface area contributed by atoms with E-state index in [1.54, 1.807) is 0 Å². The normalized spacial score (nSPS) is 19.2. The van der Waals surface area contributed by atoms with Crippen molar-refractivity contribution in [1.29, 1.82) is 0 Å². The lowest BCUT2D eigenvalue weighted by atomic mass is 9.98. The van der Waals surface area contributed by atoms with Gasteiger partial charge in [-0.05, 0) is 94.7 Å². The first-order chi connectivity index (χ1) is 25.2. The quantitative estimate of drug-likeness (QED) is 0.0553. The van der Waals surface area contributed by atoms with E-state index >= 15 is 0 Å². The van der Waals surface area contributed by atoms with Gasteiger partial charge in [-0.25, -0.2) is 0 Å². The maximum absolute atomic E-state index is 6.89. The van der Waals surface area contributed by atoms with Gasteiger partial charge in [-0.2, -0.15) is 0 Å². The Labute approximate surface area is 315 Å². The highest BCUT2D eigenvalue weighted by molar-refractivity contribution is 5.10. The van der Waals surface area contributed by atoms with Crippen molar-refractivity contribution in [1.82, 2.24) is 9.88 Å². The van der Waals surface area contributed by atoms with E-state index in [1.165, 1.54) is 147 Å². The zero-order valence-electron chi connectivity index (χ0n) is 33.3. The van der Waals surface area contributed by atoms with Gasteiger partial charge < -0.3 is 9.47 Å². The van der Waals surface area contributed by atoms with Crippen molar-refractivity contribution in [2.75, 3.05) is 13.1 Å². The SMILES string of the molecule is CCCCC/C=C\C/C=C\CCCCCCCCC1(CCCCCCCC/C=C\C/C=C\CCCCC)OC2CN(Cc3ccncc3)CC2O1. The molecule has 2 atom stereocenters. The molecule has 2 aliphatic heterocycles. The first-order valence-corrected chi connectivity index (χ1v) is 21.8. The highest BCUT2D eigenvalue weighted by atomic mass is 16.8. The van der Waals surface area contributed by atoms with Crippen LogP contribution >= 0.6 is 0 Å². The van der Waals surface area contributed by atoms with Crippen LogP contribution in [0.15, 0.2) is 73.1 Å². The Morgan fingerprint density at radius 2 is 0.941 bits per heavy atom. The van der Waals surface area contributed by atoms with Crippen LogP contribution in [0.4, 0.5) is 0 Å². The van der Waals surface area contributed by atoms with E-state index in [9.17, 15) is 0 Å². The van der Waals surface area contributed by atoms with Crippen molar-refractivity contribution in [3.05, 3.63) is 78.7 Å². The molecule has 2 saturated heterocycles. The number of likely N-dealkylation sites (tertiary alicyclic amines) is 1. The third kappa shape index (κ3) is 20.7. The van der Waals surface area contributed by atoms with Crippen LogP contribution in [0.1, 0.15) is 186 Å². The molecule has 0 spiro atoms. The largest absolute Gasteiger partial charge is 0.343 e. The number of unbranched alkanes of at least 4 members (excludes halogenated alkanes) is 18. The monoisotopic (exact) mass is 703 g/mol. The number of hydrogen-bond donors (Lipinski definition) is 0. The Hall–Kier alpha value is -2.01. The molecule has 2 unspecified atom stereocenters. The molecule has 0 amide bonds. The summed E-state index contributed by atoms with van der Waals surface area (Å²) in [5.74, 6) is -0.359. The van der Waals surface area contributed by atoms with Gasteiger partial charge in [-0.1, -0.05) is 140 Å². The van der Waals surface area contributed by atoms with Crippen molar-refractivity contribution in [3.63, 3.8) is 0 Å².